The van der Waals surface area contributed by atoms with Crippen LogP contribution in [0.15, 0.2) is 36.5 Å². The summed E-state index contributed by atoms with van der Waals surface area (Å²) in [4.78, 5) is 4.71. The number of hydrogen-bond donors (Lipinski definition) is 2. The second-order valence-electron chi connectivity index (χ2n) is 6.66. The minimum absolute atomic E-state index is 0.403. The van der Waals surface area contributed by atoms with Crippen molar-refractivity contribution in [3.05, 3.63) is 47.1 Å². The molecular weight excluding hydrogens is 434 g/mol. The normalized spacial score (nSPS) is 10.6. The van der Waals surface area contributed by atoms with Crippen LogP contribution in [-0.4, -0.2) is 43.0 Å². The zero-order valence-electron chi connectivity index (χ0n) is 17.8. The molecule has 0 aliphatic carbocycles. The molecule has 2 aromatic carbocycles. The van der Waals surface area contributed by atoms with Crippen LogP contribution in [0, 0.1) is 11.3 Å². The Labute approximate surface area is 189 Å². The van der Waals surface area contributed by atoms with E-state index < -0.39 is 0 Å². The van der Waals surface area contributed by atoms with Gasteiger partial charge in [0.25, 0.3) is 0 Å². The molecule has 0 atom stereocenters. The number of aromatic amines is 1. The molecule has 2 N–H and O–H groups in total. The lowest BCUT2D eigenvalue weighted by Crippen LogP contribution is -1.99. The number of methoxy groups -OCH3 is 4. The van der Waals surface area contributed by atoms with E-state index >= 15 is 0 Å². The number of nitrogens with zero attached hydrogens (tertiary/aromatic N) is 3. The van der Waals surface area contributed by atoms with E-state index in [0.29, 0.717) is 56.3 Å². The van der Waals surface area contributed by atoms with Gasteiger partial charge in [0.15, 0.2) is 23.0 Å². The standard InChI is InChI=1S/C22H20ClN5O4/c1-29-16-9-14(5-6-15(16)23)26-22-19(27-21-13(10-24)11-25-28(21)22)12-7-17(30-2)20(32-4)18(8-12)31-3/h5-9,11,25-26H,1-4H3. The Bertz CT molecular complexity index is 1310. The zero-order valence-corrected chi connectivity index (χ0v) is 18.6. The van der Waals surface area contributed by atoms with Gasteiger partial charge in [-0.3, -0.25) is 5.10 Å². The fraction of sp³-hybridized carbons (Fsp3) is 0.182. The molecule has 0 unspecified atom stereocenters. The van der Waals surface area contributed by atoms with Crippen molar-refractivity contribution in [2.24, 2.45) is 0 Å². The van der Waals surface area contributed by atoms with Gasteiger partial charge in [0.2, 0.25) is 5.75 Å². The second kappa shape index (κ2) is 8.61. The van der Waals surface area contributed by atoms with Crippen molar-refractivity contribution in [1.29, 1.82) is 5.26 Å². The summed E-state index contributed by atoms with van der Waals surface area (Å²) in [6, 6.07) is 11.1. The van der Waals surface area contributed by atoms with Crippen LogP contribution in [0.5, 0.6) is 23.0 Å². The molecule has 0 amide bonds. The number of halogens is 1. The summed E-state index contributed by atoms with van der Waals surface area (Å²) in [5, 5.41) is 16.4. The van der Waals surface area contributed by atoms with Crippen LogP contribution in [-0.2, 0) is 0 Å². The highest BCUT2D eigenvalue weighted by atomic mass is 35.5. The molecule has 0 fully saturated rings. The topological polar surface area (TPSA) is 106 Å². The fourth-order valence-corrected chi connectivity index (χ4v) is 3.61. The molecule has 0 saturated carbocycles. The van der Waals surface area contributed by atoms with Gasteiger partial charge in [-0.15, -0.1) is 0 Å². The van der Waals surface area contributed by atoms with Gasteiger partial charge in [0.05, 0.1) is 33.5 Å². The molecule has 0 aliphatic heterocycles. The summed E-state index contributed by atoms with van der Waals surface area (Å²) in [5.74, 6) is 2.56. The van der Waals surface area contributed by atoms with E-state index in [1.165, 1.54) is 0 Å². The summed E-state index contributed by atoms with van der Waals surface area (Å²) in [6.45, 7) is 0. The van der Waals surface area contributed by atoms with Crippen molar-refractivity contribution >= 4 is 28.8 Å². The molecule has 10 heteroatoms. The molecule has 9 nitrogen and oxygen atoms in total. The molecule has 0 radical (unpaired) electrons. The number of ether oxygens (including phenoxy) is 4. The highest BCUT2D eigenvalue weighted by molar-refractivity contribution is 6.32. The molecule has 2 aromatic heterocycles. The first kappa shape index (κ1) is 21.2. The van der Waals surface area contributed by atoms with E-state index in [1.54, 1.807) is 63.4 Å². The summed E-state index contributed by atoms with van der Waals surface area (Å²) >= 11 is 6.17. The van der Waals surface area contributed by atoms with Crippen LogP contribution in [0.25, 0.3) is 16.9 Å². The number of imidazole rings is 1. The fourth-order valence-electron chi connectivity index (χ4n) is 3.41. The number of anilines is 2. The minimum Gasteiger partial charge on any atom is -0.495 e. The number of rotatable bonds is 7. The van der Waals surface area contributed by atoms with Crippen molar-refractivity contribution in [3.63, 3.8) is 0 Å². The maximum Gasteiger partial charge on any atom is 0.203 e. The van der Waals surface area contributed by atoms with Gasteiger partial charge in [-0.25, -0.2) is 9.50 Å². The Hall–Kier alpha value is -4.03. The molecule has 0 aliphatic rings. The number of benzene rings is 2. The van der Waals surface area contributed by atoms with Crippen molar-refractivity contribution in [2.45, 2.75) is 0 Å². The molecule has 2 heterocycles. The number of fused-ring (bicyclic) bond motifs is 1. The SMILES string of the molecule is COc1cc(Nc2c(-c3cc(OC)c(OC)c(OC)c3)nc3c(C#N)c[nH]n23)ccc1Cl. The van der Waals surface area contributed by atoms with Crippen LogP contribution < -0.4 is 24.3 Å². The van der Waals surface area contributed by atoms with E-state index in [9.17, 15) is 5.26 Å². The molecule has 0 spiro atoms. The lowest BCUT2D eigenvalue weighted by molar-refractivity contribution is 0.324. The monoisotopic (exact) mass is 453 g/mol. The second-order valence-corrected chi connectivity index (χ2v) is 7.06. The maximum atomic E-state index is 9.48. The third-order valence-corrected chi connectivity index (χ3v) is 5.24. The van der Waals surface area contributed by atoms with Gasteiger partial charge in [-0.2, -0.15) is 5.26 Å². The number of H-pyrrole nitrogens is 1. The van der Waals surface area contributed by atoms with E-state index in [2.05, 4.69) is 16.5 Å². The lowest BCUT2D eigenvalue weighted by atomic mass is 10.1. The van der Waals surface area contributed by atoms with Gasteiger partial charge in [-0.05, 0) is 24.3 Å². The summed E-state index contributed by atoms with van der Waals surface area (Å²) < 4.78 is 23.4. The van der Waals surface area contributed by atoms with Crippen molar-refractivity contribution in [3.8, 4) is 40.3 Å². The average molecular weight is 454 g/mol. The highest BCUT2D eigenvalue weighted by Gasteiger charge is 2.22. The third-order valence-electron chi connectivity index (χ3n) is 4.93. The van der Waals surface area contributed by atoms with Gasteiger partial charge in [0, 0.05) is 23.5 Å². The van der Waals surface area contributed by atoms with Gasteiger partial charge in [-0.1, -0.05) is 11.6 Å². The Kier molecular flexibility index (Phi) is 5.71. The minimum atomic E-state index is 0.403. The Morgan fingerprint density at radius 2 is 1.69 bits per heavy atom. The molecule has 0 bridgehead atoms. The third kappa shape index (κ3) is 3.50. The number of nitrogens with one attached hydrogen (secondary N) is 2. The first-order chi connectivity index (χ1) is 15.5. The molecule has 4 aromatic rings. The van der Waals surface area contributed by atoms with Gasteiger partial charge >= 0.3 is 0 Å². The van der Waals surface area contributed by atoms with E-state index in [4.69, 9.17) is 35.5 Å². The Balaban J connectivity index is 1.93. The van der Waals surface area contributed by atoms with Crippen LogP contribution in [0.1, 0.15) is 5.56 Å². The van der Waals surface area contributed by atoms with E-state index in [1.807, 2.05) is 6.07 Å². The maximum absolute atomic E-state index is 9.48. The van der Waals surface area contributed by atoms with Crippen LogP contribution in [0.2, 0.25) is 5.02 Å². The van der Waals surface area contributed by atoms with Crippen LogP contribution in [0.4, 0.5) is 11.5 Å². The van der Waals surface area contributed by atoms with Crippen molar-refractivity contribution in [1.82, 2.24) is 14.6 Å². The van der Waals surface area contributed by atoms with Crippen molar-refractivity contribution in [2.75, 3.05) is 33.8 Å². The number of hydrogen-bond acceptors (Lipinski definition) is 7. The Morgan fingerprint density at radius 1 is 1.00 bits per heavy atom. The summed E-state index contributed by atoms with van der Waals surface area (Å²) in [6.07, 6.45) is 1.59. The molecule has 0 saturated heterocycles. The predicted octanol–water partition coefficient (Wildman–Crippen LogP) is 4.63. The largest absolute Gasteiger partial charge is 0.495 e. The highest BCUT2D eigenvalue weighted by Crippen LogP contribution is 2.43. The zero-order chi connectivity index (χ0) is 22.8. The Morgan fingerprint density at radius 3 is 2.28 bits per heavy atom. The summed E-state index contributed by atoms with van der Waals surface area (Å²) in [5.41, 5.74) is 2.86. The first-order valence-electron chi connectivity index (χ1n) is 9.45. The van der Waals surface area contributed by atoms with Gasteiger partial charge in [0.1, 0.15) is 23.1 Å². The average Bonchev–Trinajstić information content (AvgIpc) is 3.38. The smallest absolute Gasteiger partial charge is 0.203 e. The van der Waals surface area contributed by atoms with E-state index in [-0.39, 0.29) is 0 Å². The lowest BCUT2D eigenvalue weighted by Gasteiger charge is -2.15. The van der Waals surface area contributed by atoms with E-state index in [0.717, 1.165) is 5.69 Å². The first-order valence-corrected chi connectivity index (χ1v) is 9.83. The number of aromatic nitrogens is 3. The van der Waals surface area contributed by atoms with Crippen LogP contribution in [0.3, 0.4) is 0 Å². The predicted molar refractivity (Wildman–Crippen MR) is 121 cm³/mol. The molecule has 164 valence electrons. The molecule has 4 rings (SSSR count). The number of nitriles is 1. The molecule has 32 heavy (non-hydrogen) atoms. The molecular formula is C22H20ClN5O4. The van der Waals surface area contributed by atoms with Crippen molar-refractivity contribution < 1.29 is 18.9 Å². The quantitative estimate of drug-likeness (QED) is 0.420. The van der Waals surface area contributed by atoms with Crippen LogP contribution >= 0.6 is 11.6 Å². The van der Waals surface area contributed by atoms with Gasteiger partial charge < -0.3 is 24.3 Å². The summed E-state index contributed by atoms with van der Waals surface area (Å²) in [7, 11) is 6.18.